The lowest BCUT2D eigenvalue weighted by atomic mass is 9.82. The van der Waals surface area contributed by atoms with Crippen LogP contribution < -0.4 is 24.5 Å². The predicted octanol–water partition coefficient (Wildman–Crippen LogP) is 7.17. The molecule has 2 saturated heterocycles. The number of rotatable bonds is 13. The molecule has 1 N–H and O–H groups in total. The average Bonchev–Trinajstić information content (AvgIpc) is 3.65. The van der Waals surface area contributed by atoms with Gasteiger partial charge in [-0.25, -0.2) is 0 Å². The molecule has 306 valence electrons. The van der Waals surface area contributed by atoms with E-state index in [4.69, 9.17) is 14.2 Å². The van der Waals surface area contributed by atoms with Crippen LogP contribution in [-0.2, 0) is 37.8 Å². The minimum absolute atomic E-state index is 0.0503. The standard InChI is InChI=1S/C47H57N3O7Si/c1-33-45(58(4,5)39-22-19-37(55-2)20-23-39)42(30-44(53)48(26-27-51)31-34-14-9-8-10-15-34)57-47(33)40-29-38(56-3)21-24-41(40)50(46(47)54)32-35-16-13-17-36(28-35)49-25-12-7-6-11-18-43(49)52/h8-10,13-17,19-24,28-29,33,42,45,51H,6-7,11-12,18,25-27,30-32H2,1-5H3/t33-,42+,45-,47+/m0/s1. The lowest BCUT2D eigenvalue weighted by molar-refractivity contribution is -0.150. The molecule has 3 aliphatic rings. The Bertz CT molecular complexity index is 2090. The largest absolute Gasteiger partial charge is 0.497 e. The highest BCUT2D eigenvalue weighted by Crippen LogP contribution is 2.60. The summed E-state index contributed by atoms with van der Waals surface area (Å²) < 4.78 is 18.6. The molecule has 0 bridgehead atoms. The van der Waals surface area contributed by atoms with Crippen LogP contribution in [0, 0.1) is 5.92 Å². The van der Waals surface area contributed by atoms with Crippen LogP contribution in [0.1, 0.15) is 62.1 Å². The molecule has 3 amide bonds. The zero-order valence-electron chi connectivity index (χ0n) is 34.5. The second kappa shape index (κ2) is 17.5. The van der Waals surface area contributed by atoms with Crippen molar-refractivity contribution < 1.29 is 33.7 Å². The molecule has 3 aliphatic heterocycles. The number of aliphatic hydroxyl groups excluding tert-OH is 1. The molecule has 4 aromatic carbocycles. The number of hydrogen-bond acceptors (Lipinski definition) is 7. The summed E-state index contributed by atoms with van der Waals surface area (Å²) in [5, 5.41) is 11.2. The van der Waals surface area contributed by atoms with Gasteiger partial charge in [0.1, 0.15) is 11.5 Å². The molecule has 2 fully saturated rings. The Morgan fingerprint density at radius 2 is 1.59 bits per heavy atom. The van der Waals surface area contributed by atoms with E-state index in [0.29, 0.717) is 25.3 Å². The summed E-state index contributed by atoms with van der Waals surface area (Å²) in [6.07, 6.45) is 4.01. The van der Waals surface area contributed by atoms with E-state index in [0.717, 1.165) is 59.5 Å². The van der Waals surface area contributed by atoms with Gasteiger partial charge < -0.3 is 34.0 Å². The fourth-order valence-corrected chi connectivity index (χ4v) is 13.7. The fourth-order valence-electron chi connectivity index (χ4n) is 9.73. The zero-order chi connectivity index (χ0) is 41.0. The maximum Gasteiger partial charge on any atom is 0.264 e. The monoisotopic (exact) mass is 803 g/mol. The predicted molar refractivity (Wildman–Crippen MR) is 229 cm³/mol. The highest BCUT2D eigenvalue weighted by molar-refractivity contribution is 6.91. The van der Waals surface area contributed by atoms with Gasteiger partial charge in [0.15, 0.2) is 5.60 Å². The van der Waals surface area contributed by atoms with Crippen molar-refractivity contribution in [2.45, 2.75) is 88.9 Å². The van der Waals surface area contributed by atoms with Crippen LogP contribution in [0.4, 0.5) is 11.4 Å². The molecular formula is C47H57N3O7Si. The molecular weight excluding hydrogens is 747 g/mol. The number of carbonyl (C=O) groups excluding carboxylic acids is 3. The second-order valence-corrected chi connectivity index (χ2v) is 21.2. The molecule has 10 nitrogen and oxygen atoms in total. The molecule has 0 aromatic heterocycles. The summed E-state index contributed by atoms with van der Waals surface area (Å²) in [7, 11) is 0.722. The van der Waals surface area contributed by atoms with Gasteiger partial charge in [-0.05, 0) is 72.0 Å². The summed E-state index contributed by atoms with van der Waals surface area (Å²) in [4.78, 5) is 48.6. The van der Waals surface area contributed by atoms with E-state index >= 15 is 4.79 Å². The second-order valence-electron chi connectivity index (χ2n) is 16.5. The van der Waals surface area contributed by atoms with E-state index in [1.54, 1.807) is 19.1 Å². The summed E-state index contributed by atoms with van der Waals surface area (Å²) in [6.45, 7) is 8.03. The van der Waals surface area contributed by atoms with Crippen LogP contribution in [0.15, 0.2) is 97.1 Å². The first-order valence-corrected chi connectivity index (χ1v) is 23.7. The van der Waals surface area contributed by atoms with Crippen LogP contribution >= 0.6 is 0 Å². The van der Waals surface area contributed by atoms with Crippen molar-refractivity contribution in [1.82, 2.24) is 4.90 Å². The van der Waals surface area contributed by atoms with Gasteiger partial charge in [-0.1, -0.05) is 92.6 Å². The van der Waals surface area contributed by atoms with E-state index < -0.39 is 19.8 Å². The Morgan fingerprint density at radius 1 is 0.879 bits per heavy atom. The molecule has 11 heteroatoms. The molecule has 4 atom stereocenters. The number of benzene rings is 4. The quantitative estimate of drug-likeness (QED) is 0.143. The van der Waals surface area contributed by atoms with Crippen LogP contribution in [0.3, 0.4) is 0 Å². The highest BCUT2D eigenvalue weighted by Gasteiger charge is 2.66. The Morgan fingerprint density at radius 3 is 2.31 bits per heavy atom. The topological polar surface area (TPSA) is 109 Å². The normalized spacial score (nSPS) is 22.1. The number of hydrogen-bond donors (Lipinski definition) is 1. The third kappa shape index (κ3) is 7.91. The van der Waals surface area contributed by atoms with Gasteiger partial charge in [-0.3, -0.25) is 14.4 Å². The van der Waals surface area contributed by atoms with Crippen molar-refractivity contribution >= 4 is 42.4 Å². The number of fused-ring (bicyclic) bond motifs is 2. The third-order valence-corrected chi connectivity index (χ3v) is 17.1. The maximum atomic E-state index is 15.5. The van der Waals surface area contributed by atoms with E-state index in [2.05, 4.69) is 32.2 Å². The molecule has 0 aliphatic carbocycles. The van der Waals surface area contributed by atoms with Crippen molar-refractivity contribution in [3.05, 3.63) is 114 Å². The Kier molecular flexibility index (Phi) is 12.4. The van der Waals surface area contributed by atoms with Crippen LogP contribution in [-0.4, -0.2) is 75.8 Å². The molecule has 7 rings (SSSR count). The van der Waals surface area contributed by atoms with E-state index in [-0.39, 0.29) is 55.3 Å². The number of carbonyl (C=O) groups is 3. The van der Waals surface area contributed by atoms with Gasteiger partial charge in [-0.15, -0.1) is 0 Å². The molecule has 4 aromatic rings. The molecule has 1 spiro atoms. The molecule has 0 saturated carbocycles. The lowest BCUT2D eigenvalue weighted by Crippen LogP contribution is -2.52. The van der Waals surface area contributed by atoms with Crippen LogP contribution in [0.25, 0.3) is 0 Å². The first-order chi connectivity index (χ1) is 28.0. The lowest BCUT2D eigenvalue weighted by Gasteiger charge is -2.37. The van der Waals surface area contributed by atoms with Crippen molar-refractivity contribution in [1.29, 1.82) is 0 Å². The number of aliphatic hydroxyl groups is 1. The Hall–Kier alpha value is -4.97. The maximum absolute atomic E-state index is 15.5. The number of anilines is 2. The van der Waals surface area contributed by atoms with Crippen molar-refractivity contribution in [2.24, 2.45) is 5.92 Å². The van der Waals surface area contributed by atoms with Gasteiger partial charge in [-0.2, -0.15) is 0 Å². The highest BCUT2D eigenvalue weighted by atomic mass is 28.3. The first-order valence-electron chi connectivity index (χ1n) is 20.7. The smallest absolute Gasteiger partial charge is 0.264 e. The number of nitrogens with zero attached hydrogens (tertiary/aromatic N) is 3. The molecule has 3 heterocycles. The number of methoxy groups -OCH3 is 2. The molecule has 0 unspecified atom stereocenters. The van der Waals surface area contributed by atoms with E-state index in [1.807, 2.05) is 94.7 Å². The Labute approximate surface area is 343 Å². The SMILES string of the molecule is COc1ccc([Si](C)(C)[C@@H]2[C@@H](CC(=O)N(CCO)Cc3ccccc3)O[C@]3(C(=O)N(Cc4cccc(N5CCCCCCC5=O)c4)c4ccc(OC)cc43)[C@H]2C)cc1. The van der Waals surface area contributed by atoms with E-state index in [1.165, 1.54) is 5.19 Å². The molecule has 0 radical (unpaired) electrons. The number of ether oxygens (including phenoxy) is 3. The summed E-state index contributed by atoms with van der Waals surface area (Å²) in [5.74, 6) is 0.863. The zero-order valence-corrected chi connectivity index (χ0v) is 35.5. The van der Waals surface area contributed by atoms with Crippen LogP contribution in [0.2, 0.25) is 18.6 Å². The van der Waals surface area contributed by atoms with E-state index in [9.17, 15) is 14.7 Å². The third-order valence-electron chi connectivity index (χ3n) is 12.7. The molecule has 58 heavy (non-hydrogen) atoms. The van der Waals surface area contributed by atoms with Crippen molar-refractivity contribution in [3.8, 4) is 11.5 Å². The minimum atomic E-state index is -2.55. The first kappa shape index (κ1) is 41.2. The van der Waals surface area contributed by atoms with Gasteiger partial charge >= 0.3 is 0 Å². The summed E-state index contributed by atoms with van der Waals surface area (Å²) >= 11 is 0. The van der Waals surface area contributed by atoms with Crippen molar-refractivity contribution in [3.63, 3.8) is 0 Å². The van der Waals surface area contributed by atoms with Gasteiger partial charge in [0.2, 0.25) is 11.8 Å². The summed E-state index contributed by atoms with van der Waals surface area (Å²) in [5.41, 5.74) is 2.63. The minimum Gasteiger partial charge on any atom is -0.497 e. The summed E-state index contributed by atoms with van der Waals surface area (Å²) in [6, 6.07) is 31.7. The van der Waals surface area contributed by atoms with Crippen molar-refractivity contribution in [2.75, 3.05) is 43.7 Å². The van der Waals surface area contributed by atoms with Crippen LogP contribution in [0.5, 0.6) is 11.5 Å². The fraction of sp³-hybridized carbons (Fsp3) is 0.426. The van der Waals surface area contributed by atoms with Gasteiger partial charge in [0.25, 0.3) is 5.91 Å². The Balaban J connectivity index is 1.28. The van der Waals surface area contributed by atoms with Gasteiger partial charge in [0, 0.05) is 43.2 Å². The number of amides is 3. The van der Waals surface area contributed by atoms with Gasteiger partial charge in [0.05, 0.1) is 53.7 Å². The average molecular weight is 804 g/mol.